The highest BCUT2D eigenvalue weighted by Gasteiger charge is 2.20. The van der Waals surface area contributed by atoms with Gasteiger partial charge in [0.2, 0.25) is 0 Å². The van der Waals surface area contributed by atoms with E-state index in [2.05, 4.69) is 13.8 Å². The van der Waals surface area contributed by atoms with E-state index in [1.807, 2.05) is 12.1 Å². The summed E-state index contributed by atoms with van der Waals surface area (Å²) in [6, 6.07) is 3.29. The number of rotatable bonds is 5. The molecule has 78 valence electrons. The first-order chi connectivity index (χ1) is 6.65. The summed E-state index contributed by atoms with van der Waals surface area (Å²) in [6.45, 7) is 4.17. The van der Waals surface area contributed by atoms with Crippen molar-refractivity contribution in [1.29, 1.82) is 0 Å². The third-order valence-electron chi connectivity index (χ3n) is 2.60. The molecule has 0 radical (unpaired) electrons. The Bertz CT molecular complexity index is 279. The van der Waals surface area contributed by atoms with Crippen LogP contribution >= 0.6 is 0 Å². The predicted molar refractivity (Wildman–Crippen MR) is 55.2 cm³/mol. The van der Waals surface area contributed by atoms with Crippen molar-refractivity contribution in [3.63, 3.8) is 0 Å². The van der Waals surface area contributed by atoms with E-state index in [1.165, 1.54) is 0 Å². The second kappa shape index (κ2) is 4.84. The minimum Gasteiger partial charge on any atom is -0.480 e. The SMILES string of the molecule is CCC(C)CC(C(=O)O)n1cccc1. The summed E-state index contributed by atoms with van der Waals surface area (Å²) in [5, 5.41) is 9.07. The van der Waals surface area contributed by atoms with Crippen molar-refractivity contribution < 1.29 is 9.90 Å². The fourth-order valence-electron chi connectivity index (χ4n) is 1.45. The van der Waals surface area contributed by atoms with Gasteiger partial charge in [-0.2, -0.15) is 0 Å². The normalized spacial score (nSPS) is 15.0. The lowest BCUT2D eigenvalue weighted by Crippen LogP contribution is -2.20. The first-order valence-electron chi connectivity index (χ1n) is 5.00. The zero-order valence-corrected chi connectivity index (χ0v) is 8.68. The zero-order chi connectivity index (χ0) is 10.6. The van der Waals surface area contributed by atoms with Gasteiger partial charge in [-0.3, -0.25) is 0 Å². The van der Waals surface area contributed by atoms with Crippen LogP contribution in [0.25, 0.3) is 0 Å². The van der Waals surface area contributed by atoms with Crippen molar-refractivity contribution >= 4 is 5.97 Å². The third-order valence-corrected chi connectivity index (χ3v) is 2.60. The molecule has 0 saturated heterocycles. The molecule has 0 aromatic carbocycles. The van der Waals surface area contributed by atoms with Gasteiger partial charge in [0.05, 0.1) is 0 Å². The molecule has 0 bridgehead atoms. The molecule has 1 aromatic rings. The number of carbonyl (C=O) groups is 1. The van der Waals surface area contributed by atoms with Gasteiger partial charge in [-0.25, -0.2) is 4.79 Å². The highest BCUT2D eigenvalue weighted by Crippen LogP contribution is 2.20. The molecule has 1 N–H and O–H groups in total. The average molecular weight is 195 g/mol. The predicted octanol–water partition coefficient (Wildman–Crippen LogP) is 2.55. The molecule has 0 aliphatic heterocycles. The molecule has 1 rings (SSSR count). The van der Waals surface area contributed by atoms with Crippen LogP contribution in [0.1, 0.15) is 32.7 Å². The van der Waals surface area contributed by atoms with E-state index in [9.17, 15) is 4.79 Å². The van der Waals surface area contributed by atoms with Crippen LogP contribution < -0.4 is 0 Å². The van der Waals surface area contributed by atoms with Gasteiger partial charge < -0.3 is 9.67 Å². The van der Waals surface area contributed by atoms with Gasteiger partial charge in [0.25, 0.3) is 0 Å². The van der Waals surface area contributed by atoms with E-state index in [-0.39, 0.29) is 0 Å². The maximum Gasteiger partial charge on any atom is 0.326 e. The van der Waals surface area contributed by atoms with Crippen molar-refractivity contribution in [2.75, 3.05) is 0 Å². The first kappa shape index (κ1) is 10.8. The molecule has 0 amide bonds. The lowest BCUT2D eigenvalue weighted by Gasteiger charge is -2.17. The molecule has 1 aromatic heterocycles. The number of hydrogen-bond acceptors (Lipinski definition) is 1. The van der Waals surface area contributed by atoms with Gasteiger partial charge in [0.15, 0.2) is 0 Å². The Balaban J connectivity index is 2.71. The van der Waals surface area contributed by atoms with Gasteiger partial charge in [-0.05, 0) is 24.5 Å². The Morgan fingerprint density at radius 3 is 2.43 bits per heavy atom. The van der Waals surface area contributed by atoms with Crippen molar-refractivity contribution in [2.24, 2.45) is 5.92 Å². The molecule has 3 heteroatoms. The summed E-state index contributed by atoms with van der Waals surface area (Å²) in [5.74, 6) is -0.306. The van der Waals surface area contributed by atoms with Crippen LogP contribution in [0.4, 0.5) is 0 Å². The average Bonchev–Trinajstić information content (AvgIpc) is 2.65. The molecular weight excluding hydrogens is 178 g/mol. The Hall–Kier alpha value is -1.25. The van der Waals surface area contributed by atoms with E-state index >= 15 is 0 Å². The van der Waals surface area contributed by atoms with E-state index in [0.29, 0.717) is 12.3 Å². The molecule has 2 atom stereocenters. The molecule has 1 heterocycles. The second-order valence-electron chi connectivity index (χ2n) is 3.73. The van der Waals surface area contributed by atoms with Crippen LogP contribution in [0.3, 0.4) is 0 Å². The maximum absolute atomic E-state index is 11.0. The summed E-state index contributed by atoms with van der Waals surface area (Å²) in [4.78, 5) is 11.0. The van der Waals surface area contributed by atoms with Crippen LogP contribution in [0.5, 0.6) is 0 Å². The maximum atomic E-state index is 11.0. The Kier molecular flexibility index (Phi) is 3.74. The van der Waals surface area contributed by atoms with Crippen molar-refractivity contribution in [2.45, 2.75) is 32.7 Å². The van der Waals surface area contributed by atoms with Gasteiger partial charge in [0, 0.05) is 12.4 Å². The number of carboxylic acid groups (broad SMARTS) is 1. The number of hydrogen-bond donors (Lipinski definition) is 1. The smallest absolute Gasteiger partial charge is 0.326 e. The fourth-order valence-corrected chi connectivity index (χ4v) is 1.45. The topological polar surface area (TPSA) is 42.2 Å². The minimum atomic E-state index is -0.749. The van der Waals surface area contributed by atoms with Crippen LogP contribution in [0.15, 0.2) is 24.5 Å². The first-order valence-corrected chi connectivity index (χ1v) is 5.00. The quantitative estimate of drug-likeness (QED) is 0.784. The van der Waals surface area contributed by atoms with Gasteiger partial charge >= 0.3 is 5.97 Å². The zero-order valence-electron chi connectivity index (χ0n) is 8.68. The monoisotopic (exact) mass is 195 g/mol. The molecule has 14 heavy (non-hydrogen) atoms. The Morgan fingerprint density at radius 2 is 2.00 bits per heavy atom. The number of carboxylic acids is 1. The lowest BCUT2D eigenvalue weighted by molar-refractivity contribution is -0.141. The van der Waals surface area contributed by atoms with Crippen molar-refractivity contribution in [3.05, 3.63) is 24.5 Å². The Morgan fingerprint density at radius 1 is 1.43 bits per heavy atom. The highest BCUT2D eigenvalue weighted by molar-refractivity contribution is 5.71. The van der Waals surface area contributed by atoms with Gasteiger partial charge in [-0.1, -0.05) is 20.3 Å². The Labute approximate surface area is 84.4 Å². The van der Waals surface area contributed by atoms with E-state index in [4.69, 9.17) is 5.11 Å². The molecular formula is C11H17NO2. The number of aromatic nitrogens is 1. The molecule has 3 nitrogen and oxygen atoms in total. The summed E-state index contributed by atoms with van der Waals surface area (Å²) in [5.41, 5.74) is 0. The fraction of sp³-hybridized carbons (Fsp3) is 0.545. The van der Waals surface area contributed by atoms with Gasteiger partial charge in [0.1, 0.15) is 6.04 Å². The summed E-state index contributed by atoms with van der Waals surface area (Å²) in [6.07, 6.45) is 5.33. The van der Waals surface area contributed by atoms with E-state index in [0.717, 1.165) is 6.42 Å². The van der Waals surface area contributed by atoms with Crippen LogP contribution in [-0.4, -0.2) is 15.6 Å². The van der Waals surface area contributed by atoms with E-state index < -0.39 is 12.0 Å². The minimum absolute atomic E-state index is 0.417. The number of nitrogens with zero attached hydrogens (tertiary/aromatic N) is 1. The third kappa shape index (κ3) is 2.62. The number of aliphatic carboxylic acids is 1. The largest absolute Gasteiger partial charge is 0.480 e. The standard InChI is InChI=1S/C11H17NO2/c1-3-9(2)8-10(11(13)14)12-6-4-5-7-12/h4-7,9-10H,3,8H2,1-2H3,(H,13,14). The van der Waals surface area contributed by atoms with Crippen molar-refractivity contribution in [1.82, 2.24) is 4.57 Å². The van der Waals surface area contributed by atoms with Crippen LogP contribution in [0, 0.1) is 5.92 Å². The molecule has 0 saturated carbocycles. The van der Waals surface area contributed by atoms with Crippen molar-refractivity contribution in [3.8, 4) is 0 Å². The van der Waals surface area contributed by atoms with E-state index in [1.54, 1.807) is 17.0 Å². The van der Waals surface area contributed by atoms with Crippen LogP contribution in [-0.2, 0) is 4.79 Å². The molecule has 0 fully saturated rings. The summed E-state index contributed by atoms with van der Waals surface area (Å²) in [7, 11) is 0. The van der Waals surface area contributed by atoms with Crippen LogP contribution in [0.2, 0.25) is 0 Å². The molecule has 0 spiro atoms. The highest BCUT2D eigenvalue weighted by atomic mass is 16.4. The summed E-state index contributed by atoms with van der Waals surface area (Å²) >= 11 is 0. The molecule has 2 unspecified atom stereocenters. The molecule has 0 aliphatic rings. The lowest BCUT2D eigenvalue weighted by atomic mass is 9.99. The molecule has 0 aliphatic carbocycles. The second-order valence-corrected chi connectivity index (χ2v) is 3.73. The summed E-state index contributed by atoms with van der Waals surface area (Å²) < 4.78 is 1.76. The van der Waals surface area contributed by atoms with Gasteiger partial charge in [-0.15, -0.1) is 0 Å².